The summed E-state index contributed by atoms with van der Waals surface area (Å²) in [6.07, 6.45) is 2.99. The molecule has 1 atom stereocenters. The van der Waals surface area contributed by atoms with Crippen molar-refractivity contribution in [3.05, 3.63) is 0 Å². The zero-order valence-electron chi connectivity index (χ0n) is 12.7. The Morgan fingerprint density at radius 1 is 1.19 bits per heavy atom. The molecule has 8 nitrogen and oxygen atoms in total. The molecule has 0 saturated carbocycles. The lowest BCUT2D eigenvalue weighted by atomic mass is 10.1. The molecule has 0 aliphatic carbocycles. The number of nitrogens with zero attached hydrogens (tertiary/aromatic N) is 4. The number of anilines is 3. The molecule has 0 aromatic carbocycles. The second-order valence-electron chi connectivity index (χ2n) is 5.07. The number of ether oxygens (including phenoxy) is 1. The summed E-state index contributed by atoms with van der Waals surface area (Å²) in [4.78, 5) is 15.3. The average Bonchev–Trinajstić information content (AvgIpc) is 2.54. The van der Waals surface area contributed by atoms with Crippen molar-refractivity contribution in [3.8, 4) is 0 Å². The van der Waals surface area contributed by atoms with Gasteiger partial charge in [0.1, 0.15) is 0 Å². The topological polar surface area (TPSA) is 95.4 Å². The molecule has 1 aliphatic heterocycles. The maximum atomic E-state index is 9.67. The van der Waals surface area contributed by atoms with E-state index in [1.54, 1.807) is 14.2 Å². The number of nitrogens with one attached hydrogen (secondary N) is 2. The maximum Gasteiger partial charge on any atom is 0.231 e. The molecule has 0 amide bonds. The average molecular weight is 296 g/mol. The fourth-order valence-corrected chi connectivity index (χ4v) is 2.25. The van der Waals surface area contributed by atoms with E-state index in [1.165, 1.54) is 6.42 Å². The van der Waals surface area contributed by atoms with Gasteiger partial charge < -0.3 is 25.4 Å². The van der Waals surface area contributed by atoms with Crippen LogP contribution < -0.4 is 15.5 Å². The van der Waals surface area contributed by atoms with Crippen LogP contribution in [0.1, 0.15) is 19.3 Å². The predicted octanol–water partition coefficient (Wildman–Crippen LogP) is 0.323. The van der Waals surface area contributed by atoms with Gasteiger partial charge >= 0.3 is 0 Å². The van der Waals surface area contributed by atoms with Crippen molar-refractivity contribution in [1.29, 1.82) is 0 Å². The second-order valence-corrected chi connectivity index (χ2v) is 5.07. The van der Waals surface area contributed by atoms with Crippen LogP contribution in [0.25, 0.3) is 0 Å². The molecule has 1 aliphatic rings. The molecule has 2 rings (SSSR count). The third-order valence-corrected chi connectivity index (χ3v) is 3.34. The minimum Gasteiger partial charge on any atom is -0.389 e. The molecule has 0 spiro atoms. The quantitative estimate of drug-likeness (QED) is 0.662. The van der Waals surface area contributed by atoms with Crippen molar-refractivity contribution in [1.82, 2.24) is 15.0 Å². The van der Waals surface area contributed by atoms with Gasteiger partial charge in [-0.15, -0.1) is 0 Å². The summed E-state index contributed by atoms with van der Waals surface area (Å²) >= 11 is 0. The number of rotatable bonds is 7. The van der Waals surface area contributed by atoms with Crippen LogP contribution in [0.5, 0.6) is 0 Å². The van der Waals surface area contributed by atoms with Crippen molar-refractivity contribution in [3.63, 3.8) is 0 Å². The molecule has 1 fully saturated rings. The Morgan fingerprint density at radius 3 is 2.57 bits per heavy atom. The Bertz CT molecular complexity index is 439. The summed E-state index contributed by atoms with van der Waals surface area (Å²) in [6, 6.07) is 0. The highest BCUT2D eigenvalue weighted by Gasteiger charge is 2.16. The van der Waals surface area contributed by atoms with E-state index in [9.17, 15) is 5.11 Å². The van der Waals surface area contributed by atoms with Gasteiger partial charge in [-0.25, -0.2) is 0 Å². The SMILES string of the molecule is CNc1nc(NCC(O)COC)nc(N2CCCCC2)n1. The number of hydrogen-bond donors (Lipinski definition) is 3. The summed E-state index contributed by atoms with van der Waals surface area (Å²) < 4.78 is 4.89. The molecule has 0 radical (unpaired) electrons. The van der Waals surface area contributed by atoms with Gasteiger partial charge in [0.15, 0.2) is 0 Å². The van der Waals surface area contributed by atoms with Crippen LogP contribution in [-0.4, -0.2) is 66.6 Å². The van der Waals surface area contributed by atoms with Gasteiger partial charge in [-0.05, 0) is 19.3 Å². The predicted molar refractivity (Wildman–Crippen MR) is 81.8 cm³/mol. The maximum absolute atomic E-state index is 9.67. The van der Waals surface area contributed by atoms with Crippen LogP contribution in [0.4, 0.5) is 17.8 Å². The first-order chi connectivity index (χ1) is 10.2. The monoisotopic (exact) mass is 296 g/mol. The molecule has 1 unspecified atom stereocenters. The lowest BCUT2D eigenvalue weighted by Gasteiger charge is -2.27. The fourth-order valence-electron chi connectivity index (χ4n) is 2.25. The Labute approximate surface area is 125 Å². The van der Waals surface area contributed by atoms with Crippen molar-refractivity contribution in [2.24, 2.45) is 0 Å². The third kappa shape index (κ3) is 4.68. The highest BCUT2D eigenvalue weighted by Crippen LogP contribution is 2.18. The Hall–Kier alpha value is -1.67. The second kappa shape index (κ2) is 7.94. The van der Waals surface area contributed by atoms with Crippen molar-refractivity contribution in [2.75, 3.05) is 55.9 Å². The standard InChI is InChI=1S/C13H24N6O2/c1-14-11-16-12(15-8-10(20)9-21-2)18-13(17-11)19-6-4-3-5-7-19/h10,20H,3-9H2,1-2H3,(H2,14,15,16,17,18). The number of aromatic nitrogens is 3. The molecule has 1 aromatic heterocycles. The van der Waals surface area contributed by atoms with Gasteiger partial charge in [0.05, 0.1) is 12.7 Å². The van der Waals surface area contributed by atoms with Crippen LogP contribution in [-0.2, 0) is 4.74 Å². The summed E-state index contributed by atoms with van der Waals surface area (Å²) in [5, 5.41) is 15.6. The van der Waals surface area contributed by atoms with E-state index in [0.29, 0.717) is 24.4 Å². The molecule has 118 valence electrons. The van der Waals surface area contributed by atoms with Gasteiger partial charge in [0, 0.05) is 33.8 Å². The lowest BCUT2D eigenvalue weighted by Crippen LogP contribution is -2.32. The van der Waals surface area contributed by atoms with Crippen LogP contribution in [0.2, 0.25) is 0 Å². The molecule has 8 heteroatoms. The van der Waals surface area contributed by atoms with Gasteiger partial charge in [-0.3, -0.25) is 0 Å². The van der Waals surface area contributed by atoms with Gasteiger partial charge in [0.2, 0.25) is 17.8 Å². The molecule has 1 aromatic rings. The summed E-state index contributed by atoms with van der Waals surface area (Å²) in [7, 11) is 3.33. The van der Waals surface area contributed by atoms with Gasteiger partial charge in [-0.2, -0.15) is 15.0 Å². The molecular formula is C13H24N6O2. The Kier molecular flexibility index (Phi) is 5.94. The summed E-state index contributed by atoms with van der Waals surface area (Å²) in [6.45, 7) is 2.55. The van der Waals surface area contributed by atoms with E-state index in [0.717, 1.165) is 25.9 Å². The lowest BCUT2D eigenvalue weighted by molar-refractivity contribution is 0.0726. The molecular weight excluding hydrogens is 272 g/mol. The van der Waals surface area contributed by atoms with Crippen molar-refractivity contribution in [2.45, 2.75) is 25.4 Å². The van der Waals surface area contributed by atoms with E-state index < -0.39 is 6.10 Å². The van der Waals surface area contributed by atoms with E-state index in [1.807, 2.05) is 0 Å². The van der Waals surface area contributed by atoms with E-state index >= 15 is 0 Å². The summed E-state index contributed by atoms with van der Waals surface area (Å²) in [5.74, 6) is 1.66. The Morgan fingerprint density at radius 2 is 1.90 bits per heavy atom. The molecule has 1 saturated heterocycles. The van der Waals surface area contributed by atoms with E-state index in [4.69, 9.17) is 4.74 Å². The molecule has 2 heterocycles. The Balaban J connectivity index is 2.05. The zero-order chi connectivity index (χ0) is 15.1. The fraction of sp³-hybridized carbons (Fsp3) is 0.769. The number of aliphatic hydroxyl groups is 1. The van der Waals surface area contributed by atoms with E-state index in [2.05, 4.69) is 30.5 Å². The van der Waals surface area contributed by atoms with Crippen LogP contribution in [0.15, 0.2) is 0 Å². The molecule has 0 bridgehead atoms. The van der Waals surface area contributed by atoms with E-state index in [-0.39, 0.29) is 6.61 Å². The largest absolute Gasteiger partial charge is 0.389 e. The highest BCUT2D eigenvalue weighted by atomic mass is 16.5. The minimum atomic E-state index is -0.594. The number of piperidine rings is 1. The first-order valence-corrected chi connectivity index (χ1v) is 7.32. The first-order valence-electron chi connectivity index (χ1n) is 7.32. The van der Waals surface area contributed by atoms with Gasteiger partial charge in [-0.1, -0.05) is 0 Å². The van der Waals surface area contributed by atoms with Gasteiger partial charge in [0.25, 0.3) is 0 Å². The number of hydrogen-bond acceptors (Lipinski definition) is 8. The smallest absolute Gasteiger partial charge is 0.231 e. The highest BCUT2D eigenvalue weighted by molar-refractivity contribution is 5.43. The van der Waals surface area contributed by atoms with Crippen molar-refractivity contribution >= 4 is 17.8 Å². The van der Waals surface area contributed by atoms with Crippen molar-refractivity contribution < 1.29 is 9.84 Å². The number of aliphatic hydroxyl groups excluding tert-OH is 1. The zero-order valence-corrected chi connectivity index (χ0v) is 12.7. The molecule has 21 heavy (non-hydrogen) atoms. The summed E-state index contributed by atoms with van der Waals surface area (Å²) in [5.41, 5.74) is 0. The molecule has 3 N–H and O–H groups in total. The van der Waals surface area contributed by atoms with Crippen LogP contribution in [0, 0.1) is 0 Å². The number of methoxy groups -OCH3 is 1. The van der Waals surface area contributed by atoms with Crippen LogP contribution in [0.3, 0.4) is 0 Å². The normalized spacial score (nSPS) is 16.6. The third-order valence-electron chi connectivity index (χ3n) is 3.34. The minimum absolute atomic E-state index is 0.274. The first kappa shape index (κ1) is 15.7. The van der Waals surface area contributed by atoms with Crippen LogP contribution >= 0.6 is 0 Å².